The van der Waals surface area contributed by atoms with Gasteiger partial charge in [0.15, 0.2) is 0 Å². The van der Waals surface area contributed by atoms with E-state index in [1.54, 1.807) is 0 Å². The molecule has 0 unspecified atom stereocenters. The van der Waals surface area contributed by atoms with E-state index in [2.05, 4.69) is 198 Å². The maximum atomic E-state index is 5.63. The van der Waals surface area contributed by atoms with E-state index in [9.17, 15) is 0 Å². The lowest BCUT2D eigenvalue weighted by molar-refractivity contribution is 1.30. The van der Waals surface area contributed by atoms with Crippen LogP contribution >= 0.6 is 0 Å². The van der Waals surface area contributed by atoms with Gasteiger partial charge < -0.3 is 0 Å². The van der Waals surface area contributed by atoms with E-state index in [4.69, 9.17) is 9.97 Å². The van der Waals surface area contributed by atoms with Crippen LogP contribution in [0.25, 0.3) is 88.8 Å². The fourth-order valence-corrected chi connectivity index (χ4v) is 8.29. The van der Waals surface area contributed by atoms with Gasteiger partial charge in [-0.15, -0.1) is 0 Å². The zero-order valence-corrected chi connectivity index (χ0v) is 31.1. The van der Waals surface area contributed by atoms with Crippen LogP contribution in [0.4, 0.5) is 0 Å². The second-order valence-corrected chi connectivity index (χ2v) is 14.3. The van der Waals surface area contributed by atoms with Gasteiger partial charge in [0, 0.05) is 21.9 Å². The predicted octanol–water partition coefficient (Wildman–Crippen LogP) is 14.0. The van der Waals surface area contributed by atoms with Crippen molar-refractivity contribution in [1.29, 1.82) is 0 Å². The van der Waals surface area contributed by atoms with Crippen LogP contribution in [-0.4, -0.2) is 9.97 Å². The van der Waals surface area contributed by atoms with Gasteiger partial charge in [-0.3, -0.25) is 0 Å². The molecule has 0 radical (unpaired) electrons. The largest absolute Gasteiger partial charge is 0.245 e. The zero-order valence-electron chi connectivity index (χ0n) is 31.1. The maximum Gasteiger partial charge on any atom is 0.0978 e. The summed E-state index contributed by atoms with van der Waals surface area (Å²) in [5.74, 6) is 0. The molecule has 0 aliphatic heterocycles. The SMILES string of the molecule is Cc1ccc(-c2ccccc2)c(C)c1-c1cc(-c2ccccc2)c2ccc3c(-c4ccccc4)cc(-c4c(C)ccc(-c5ccccc5)c4C)nc3c2n1. The van der Waals surface area contributed by atoms with Crippen LogP contribution in [0.2, 0.25) is 0 Å². The summed E-state index contributed by atoms with van der Waals surface area (Å²) in [6.45, 7) is 8.86. The minimum atomic E-state index is 0.904. The summed E-state index contributed by atoms with van der Waals surface area (Å²) in [5.41, 5.74) is 20.3. The summed E-state index contributed by atoms with van der Waals surface area (Å²) < 4.78 is 0. The molecule has 0 fully saturated rings. The highest BCUT2D eigenvalue weighted by Gasteiger charge is 2.21. The summed E-state index contributed by atoms with van der Waals surface area (Å²) in [6, 6.07) is 60.7. The van der Waals surface area contributed by atoms with Crippen LogP contribution in [0.15, 0.2) is 170 Å². The number of pyridine rings is 2. The highest BCUT2D eigenvalue weighted by Crippen LogP contribution is 2.43. The Morgan fingerprint density at radius 2 is 0.630 bits per heavy atom. The van der Waals surface area contributed by atoms with Crippen LogP contribution in [0, 0.1) is 27.7 Å². The van der Waals surface area contributed by atoms with Gasteiger partial charge in [0.1, 0.15) is 0 Å². The average Bonchev–Trinajstić information content (AvgIpc) is 3.21. The molecule has 9 rings (SSSR count). The number of aromatic nitrogens is 2. The van der Waals surface area contributed by atoms with E-state index >= 15 is 0 Å². The van der Waals surface area contributed by atoms with E-state index < -0.39 is 0 Å². The van der Waals surface area contributed by atoms with Crippen molar-refractivity contribution >= 4 is 21.8 Å². The first kappa shape index (κ1) is 33.2. The number of hydrogen-bond donors (Lipinski definition) is 0. The molecular formula is C52H40N2. The van der Waals surface area contributed by atoms with Gasteiger partial charge in [-0.25, -0.2) is 9.97 Å². The van der Waals surface area contributed by atoms with Crippen molar-refractivity contribution < 1.29 is 0 Å². The molecule has 7 aromatic carbocycles. The molecule has 0 atom stereocenters. The van der Waals surface area contributed by atoms with E-state index in [1.807, 2.05) is 0 Å². The first-order valence-electron chi connectivity index (χ1n) is 18.7. The second kappa shape index (κ2) is 13.7. The van der Waals surface area contributed by atoms with Crippen LogP contribution in [0.3, 0.4) is 0 Å². The molecule has 0 amide bonds. The number of benzene rings is 7. The van der Waals surface area contributed by atoms with Crippen LogP contribution < -0.4 is 0 Å². The molecular weight excluding hydrogens is 653 g/mol. The van der Waals surface area contributed by atoms with Gasteiger partial charge in [-0.1, -0.05) is 158 Å². The Morgan fingerprint density at radius 1 is 0.315 bits per heavy atom. The van der Waals surface area contributed by atoms with Gasteiger partial charge in [-0.2, -0.15) is 0 Å². The van der Waals surface area contributed by atoms with Crippen LogP contribution in [-0.2, 0) is 0 Å². The summed E-state index contributed by atoms with van der Waals surface area (Å²) in [7, 11) is 0. The average molecular weight is 693 g/mol. The molecule has 54 heavy (non-hydrogen) atoms. The highest BCUT2D eigenvalue weighted by molar-refractivity contribution is 6.13. The molecule has 0 bridgehead atoms. The standard InChI is InChI=1S/C52H40N2/c1-33-25-27-41(37-17-9-5-10-18-37)35(3)49(33)47-31-45(39-21-13-7-14-22-39)43-29-30-44-46(40-23-15-8-16-24-40)32-48(54-52(44)51(43)53-47)50-34(2)26-28-42(36(50)4)38-19-11-6-12-20-38/h5-32H,1-4H3. The van der Waals surface area contributed by atoms with Gasteiger partial charge in [0.25, 0.3) is 0 Å². The van der Waals surface area contributed by atoms with Gasteiger partial charge in [0.2, 0.25) is 0 Å². The molecule has 2 nitrogen and oxygen atoms in total. The van der Waals surface area contributed by atoms with Crippen molar-refractivity contribution in [3.8, 4) is 67.0 Å². The molecule has 0 saturated carbocycles. The first-order valence-corrected chi connectivity index (χ1v) is 18.7. The smallest absolute Gasteiger partial charge is 0.0978 e. The second-order valence-electron chi connectivity index (χ2n) is 14.3. The predicted molar refractivity (Wildman–Crippen MR) is 229 cm³/mol. The van der Waals surface area contributed by atoms with Crippen molar-refractivity contribution in [2.24, 2.45) is 0 Å². The fraction of sp³-hybridized carbons (Fsp3) is 0.0769. The molecule has 9 aromatic rings. The Kier molecular flexibility index (Phi) is 8.44. The number of rotatable bonds is 6. The topological polar surface area (TPSA) is 25.8 Å². The van der Waals surface area contributed by atoms with Gasteiger partial charge in [0.05, 0.1) is 22.4 Å². The van der Waals surface area contributed by atoms with Crippen molar-refractivity contribution in [2.75, 3.05) is 0 Å². The van der Waals surface area contributed by atoms with Gasteiger partial charge in [-0.05, 0) is 107 Å². The lowest BCUT2D eigenvalue weighted by Gasteiger charge is -2.19. The molecule has 0 spiro atoms. The Hall–Kier alpha value is -6.64. The third kappa shape index (κ3) is 5.77. The maximum absolute atomic E-state index is 5.63. The van der Waals surface area contributed by atoms with Gasteiger partial charge >= 0.3 is 0 Å². The van der Waals surface area contributed by atoms with E-state index in [1.165, 1.54) is 44.5 Å². The summed E-state index contributed by atoms with van der Waals surface area (Å²) in [5, 5.41) is 2.17. The van der Waals surface area contributed by atoms with Crippen LogP contribution in [0.5, 0.6) is 0 Å². The highest BCUT2D eigenvalue weighted by atomic mass is 14.8. The molecule has 0 N–H and O–H groups in total. The summed E-state index contributed by atoms with van der Waals surface area (Å²) >= 11 is 0. The van der Waals surface area contributed by atoms with Crippen molar-refractivity contribution in [2.45, 2.75) is 27.7 Å². The molecule has 2 heterocycles. The number of fused-ring (bicyclic) bond motifs is 3. The first-order chi connectivity index (χ1) is 26.5. The fourth-order valence-electron chi connectivity index (χ4n) is 8.29. The summed E-state index contributed by atoms with van der Waals surface area (Å²) in [6.07, 6.45) is 0. The quantitative estimate of drug-likeness (QED) is 0.162. The Labute approximate surface area is 317 Å². The lowest BCUT2D eigenvalue weighted by atomic mass is 9.88. The minimum Gasteiger partial charge on any atom is -0.245 e. The van der Waals surface area contributed by atoms with Crippen LogP contribution in [0.1, 0.15) is 22.3 Å². The Morgan fingerprint density at radius 3 is 0.963 bits per heavy atom. The minimum absolute atomic E-state index is 0.904. The van der Waals surface area contributed by atoms with Crippen molar-refractivity contribution in [3.63, 3.8) is 0 Å². The molecule has 0 aliphatic rings. The zero-order chi connectivity index (χ0) is 36.8. The lowest BCUT2D eigenvalue weighted by Crippen LogP contribution is -1.99. The molecule has 2 aromatic heterocycles. The van der Waals surface area contributed by atoms with Crippen molar-refractivity contribution in [1.82, 2.24) is 9.97 Å². The monoisotopic (exact) mass is 692 g/mol. The summed E-state index contributed by atoms with van der Waals surface area (Å²) in [4.78, 5) is 11.3. The normalized spacial score (nSPS) is 11.3. The molecule has 0 saturated heterocycles. The van der Waals surface area contributed by atoms with E-state index in [0.717, 1.165) is 66.6 Å². The Bertz CT molecular complexity index is 2630. The number of hydrogen-bond acceptors (Lipinski definition) is 2. The third-order valence-electron chi connectivity index (χ3n) is 11.0. The molecule has 0 aliphatic carbocycles. The van der Waals surface area contributed by atoms with Crippen molar-refractivity contribution in [3.05, 3.63) is 192 Å². The number of aryl methyl sites for hydroxylation is 2. The van der Waals surface area contributed by atoms with E-state index in [0.29, 0.717) is 0 Å². The molecule has 2 heteroatoms. The van der Waals surface area contributed by atoms with E-state index in [-0.39, 0.29) is 0 Å². The molecule has 258 valence electrons. The Balaban J connectivity index is 1.39. The third-order valence-corrected chi connectivity index (χ3v) is 11.0. The number of nitrogens with zero attached hydrogens (tertiary/aromatic N) is 2.